The van der Waals surface area contributed by atoms with E-state index in [1.165, 1.54) is 12.4 Å². The van der Waals surface area contributed by atoms with E-state index in [9.17, 15) is 8.78 Å². The standard InChI is InChI=1S/C16H16F2N4O/c1-16(2,3)11-6-19-15(23-7-14-20-8-21-22-14)10-5-13(18)12(17)4-9(10)11/h4-6,8H,7H2,1-3H3,(H,20,21,22). The smallest absolute Gasteiger partial charge is 0.221 e. The number of aromatic nitrogens is 4. The summed E-state index contributed by atoms with van der Waals surface area (Å²) < 4.78 is 33.0. The van der Waals surface area contributed by atoms with Crippen LogP contribution in [0.1, 0.15) is 32.2 Å². The molecule has 0 saturated carbocycles. The van der Waals surface area contributed by atoms with Gasteiger partial charge in [0, 0.05) is 11.6 Å². The first-order chi connectivity index (χ1) is 10.9. The maximum Gasteiger partial charge on any atom is 0.221 e. The fourth-order valence-corrected chi connectivity index (χ4v) is 2.36. The molecule has 0 aliphatic carbocycles. The van der Waals surface area contributed by atoms with Gasteiger partial charge in [0.05, 0.1) is 0 Å². The van der Waals surface area contributed by atoms with Crippen LogP contribution in [-0.4, -0.2) is 20.2 Å². The van der Waals surface area contributed by atoms with Gasteiger partial charge in [-0.25, -0.2) is 18.7 Å². The van der Waals surface area contributed by atoms with Gasteiger partial charge in [-0.05, 0) is 28.5 Å². The van der Waals surface area contributed by atoms with Crippen LogP contribution in [0.25, 0.3) is 10.8 Å². The minimum Gasteiger partial charge on any atom is -0.469 e. The van der Waals surface area contributed by atoms with Crippen molar-refractivity contribution in [1.29, 1.82) is 0 Å². The van der Waals surface area contributed by atoms with Gasteiger partial charge in [0.15, 0.2) is 24.1 Å². The molecule has 3 aromatic rings. The van der Waals surface area contributed by atoms with Crippen LogP contribution in [0.15, 0.2) is 24.7 Å². The molecule has 1 aromatic carbocycles. The van der Waals surface area contributed by atoms with Crippen molar-refractivity contribution in [1.82, 2.24) is 20.2 Å². The molecule has 0 aliphatic rings. The summed E-state index contributed by atoms with van der Waals surface area (Å²) >= 11 is 0. The molecule has 0 atom stereocenters. The predicted molar refractivity (Wildman–Crippen MR) is 81.1 cm³/mol. The normalized spacial score (nSPS) is 11.9. The Kier molecular flexibility index (Phi) is 3.71. The lowest BCUT2D eigenvalue weighted by Crippen LogP contribution is -2.13. The highest BCUT2D eigenvalue weighted by Gasteiger charge is 2.21. The third kappa shape index (κ3) is 2.99. The number of H-pyrrole nitrogens is 1. The summed E-state index contributed by atoms with van der Waals surface area (Å²) in [6, 6.07) is 2.30. The van der Waals surface area contributed by atoms with Gasteiger partial charge in [0.25, 0.3) is 0 Å². The Morgan fingerprint density at radius 1 is 1.09 bits per heavy atom. The average molecular weight is 318 g/mol. The van der Waals surface area contributed by atoms with E-state index in [4.69, 9.17) is 4.74 Å². The molecule has 120 valence electrons. The molecule has 2 aromatic heterocycles. The number of fused-ring (bicyclic) bond motifs is 1. The van der Waals surface area contributed by atoms with Crippen LogP contribution in [0.3, 0.4) is 0 Å². The molecule has 0 unspecified atom stereocenters. The van der Waals surface area contributed by atoms with E-state index in [1.54, 1.807) is 6.20 Å². The van der Waals surface area contributed by atoms with Crippen LogP contribution in [-0.2, 0) is 12.0 Å². The second-order valence-electron chi connectivity index (χ2n) is 6.24. The summed E-state index contributed by atoms with van der Waals surface area (Å²) in [6.45, 7) is 6.04. The van der Waals surface area contributed by atoms with Gasteiger partial charge in [0.1, 0.15) is 6.33 Å². The van der Waals surface area contributed by atoms with E-state index < -0.39 is 11.6 Å². The molecule has 5 nitrogen and oxygen atoms in total. The van der Waals surface area contributed by atoms with E-state index in [2.05, 4.69) is 20.2 Å². The van der Waals surface area contributed by atoms with Crippen molar-refractivity contribution in [3.05, 3.63) is 47.7 Å². The number of aromatic amines is 1. The van der Waals surface area contributed by atoms with Gasteiger partial charge in [-0.3, -0.25) is 5.10 Å². The molecule has 7 heteroatoms. The van der Waals surface area contributed by atoms with E-state index in [0.717, 1.165) is 11.6 Å². The van der Waals surface area contributed by atoms with Gasteiger partial charge in [-0.2, -0.15) is 5.10 Å². The highest BCUT2D eigenvalue weighted by Crippen LogP contribution is 2.34. The van der Waals surface area contributed by atoms with Crippen molar-refractivity contribution in [3.8, 4) is 5.88 Å². The number of benzene rings is 1. The van der Waals surface area contributed by atoms with Crippen molar-refractivity contribution in [3.63, 3.8) is 0 Å². The predicted octanol–water partition coefficient (Wildman–Crippen LogP) is 3.51. The van der Waals surface area contributed by atoms with Gasteiger partial charge in [0.2, 0.25) is 5.88 Å². The fraction of sp³-hybridized carbons (Fsp3) is 0.312. The van der Waals surface area contributed by atoms with Crippen LogP contribution in [0.2, 0.25) is 0 Å². The number of nitrogens with zero attached hydrogens (tertiary/aromatic N) is 3. The SMILES string of the molecule is CC(C)(C)c1cnc(OCc2nc[nH]n2)c2cc(F)c(F)cc12. The summed E-state index contributed by atoms with van der Waals surface area (Å²) in [5.41, 5.74) is 0.550. The van der Waals surface area contributed by atoms with Crippen LogP contribution < -0.4 is 4.74 Å². The maximum absolute atomic E-state index is 13.7. The zero-order chi connectivity index (χ0) is 16.6. The van der Waals surface area contributed by atoms with E-state index in [1.807, 2.05) is 20.8 Å². The van der Waals surface area contributed by atoms with Crippen molar-refractivity contribution >= 4 is 10.8 Å². The van der Waals surface area contributed by atoms with Crippen molar-refractivity contribution in [2.75, 3.05) is 0 Å². The number of rotatable bonds is 3. The molecule has 23 heavy (non-hydrogen) atoms. The van der Waals surface area contributed by atoms with Crippen LogP contribution >= 0.6 is 0 Å². The Balaban J connectivity index is 2.10. The topological polar surface area (TPSA) is 63.7 Å². The largest absolute Gasteiger partial charge is 0.469 e. The zero-order valence-corrected chi connectivity index (χ0v) is 13.0. The Labute approximate surface area is 131 Å². The number of nitrogens with one attached hydrogen (secondary N) is 1. The summed E-state index contributed by atoms with van der Waals surface area (Å²) in [5.74, 6) is -1.17. The van der Waals surface area contributed by atoms with Crippen LogP contribution in [0.4, 0.5) is 8.78 Å². The number of pyridine rings is 1. The average Bonchev–Trinajstić information content (AvgIpc) is 2.98. The minimum absolute atomic E-state index is 0.0828. The van der Waals surface area contributed by atoms with Gasteiger partial charge in [-0.15, -0.1) is 0 Å². The molecule has 0 amide bonds. The van der Waals surface area contributed by atoms with E-state index >= 15 is 0 Å². The highest BCUT2D eigenvalue weighted by molar-refractivity contribution is 5.90. The molecule has 3 rings (SSSR count). The van der Waals surface area contributed by atoms with Crippen molar-refractivity contribution in [2.24, 2.45) is 0 Å². The molecular weight excluding hydrogens is 302 g/mol. The molecular formula is C16H16F2N4O. The summed E-state index contributed by atoms with van der Waals surface area (Å²) in [7, 11) is 0. The lowest BCUT2D eigenvalue weighted by molar-refractivity contribution is 0.288. The Hall–Kier alpha value is -2.57. The molecule has 2 heterocycles. The summed E-state index contributed by atoms with van der Waals surface area (Å²) in [6.07, 6.45) is 3.06. The van der Waals surface area contributed by atoms with E-state index in [-0.39, 0.29) is 17.9 Å². The van der Waals surface area contributed by atoms with E-state index in [0.29, 0.717) is 16.6 Å². The minimum atomic E-state index is -0.937. The second-order valence-corrected chi connectivity index (χ2v) is 6.24. The highest BCUT2D eigenvalue weighted by atomic mass is 19.2. The fourth-order valence-electron chi connectivity index (χ4n) is 2.36. The van der Waals surface area contributed by atoms with Gasteiger partial charge < -0.3 is 4.74 Å². The monoisotopic (exact) mass is 318 g/mol. The van der Waals surface area contributed by atoms with Crippen LogP contribution in [0, 0.1) is 11.6 Å². The second kappa shape index (κ2) is 5.57. The number of hydrogen-bond acceptors (Lipinski definition) is 4. The summed E-state index contributed by atoms with van der Waals surface area (Å²) in [4.78, 5) is 8.21. The number of ether oxygens (including phenoxy) is 1. The number of halogens is 2. The number of hydrogen-bond donors (Lipinski definition) is 1. The van der Waals surface area contributed by atoms with Crippen LogP contribution in [0.5, 0.6) is 5.88 Å². The molecule has 0 bridgehead atoms. The van der Waals surface area contributed by atoms with Gasteiger partial charge in [-0.1, -0.05) is 20.8 Å². The molecule has 0 saturated heterocycles. The molecule has 0 spiro atoms. The molecule has 1 N–H and O–H groups in total. The molecule has 0 aliphatic heterocycles. The van der Waals surface area contributed by atoms with Crippen molar-refractivity contribution < 1.29 is 13.5 Å². The zero-order valence-electron chi connectivity index (χ0n) is 13.0. The lowest BCUT2D eigenvalue weighted by atomic mass is 9.85. The Morgan fingerprint density at radius 3 is 2.39 bits per heavy atom. The Bertz CT molecular complexity index is 841. The first-order valence-corrected chi connectivity index (χ1v) is 7.12. The van der Waals surface area contributed by atoms with Gasteiger partial charge >= 0.3 is 0 Å². The first kappa shape index (κ1) is 15.3. The third-order valence-corrected chi connectivity index (χ3v) is 3.50. The Morgan fingerprint density at radius 2 is 1.78 bits per heavy atom. The lowest BCUT2D eigenvalue weighted by Gasteiger charge is -2.22. The maximum atomic E-state index is 13.7. The quantitative estimate of drug-likeness (QED) is 0.802. The summed E-state index contributed by atoms with van der Waals surface area (Å²) in [5, 5.41) is 7.46. The molecule has 0 radical (unpaired) electrons. The third-order valence-electron chi connectivity index (χ3n) is 3.50. The van der Waals surface area contributed by atoms with Crippen molar-refractivity contribution in [2.45, 2.75) is 32.8 Å². The molecule has 0 fully saturated rings. The first-order valence-electron chi connectivity index (χ1n) is 7.12.